The molecule has 0 bridgehead atoms. The second kappa shape index (κ2) is 7.76. The van der Waals surface area contributed by atoms with Crippen molar-refractivity contribution in [3.63, 3.8) is 0 Å². The van der Waals surface area contributed by atoms with Crippen molar-refractivity contribution in [2.75, 3.05) is 6.61 Å². The Bertz CT molecular complexity index is 983. The fraction of sp³-hybridized carbons (Fsp3) is 0.250. The second-order valence-corrected chi connectivity index (χ2v) is 7.09. The van der Waals surface area contributed by atoms with Gasteiger partial charge in [-0.1, -0.05) is 41.2 Å². The minimum absolute atomic E-state index is 0.00723. The monoisotopic (exact) mass is 367 g/mol. The van der Waals surface area contributed by atoms with Gasteiger partial charge in [0.1, 0.15) is 0 Å². The summed E-state index contributed by atoms with van der Waals surface area (Å²) in [5, 5.41) is 9.31. The normalized spacial score (nSPS) is 11.8. The zero-order valence-corrected chi connectivity index (χ0v) is 15.9. The molecule has 0 spiro atoms. The van der Waals surface area contributed by atoms with Crippen molar-refractivity contribution < 1.29 is 9.90 Å². The van der Waals surface area contributed by atoms with Crippen molar-refractivity contribution in [1.82, 2.24) is 9.55 Å². The number of hydrogen-bond acceptors (Lipinski definition) is 5. The van der Waals surface area contributed by atoms with Gasteiger partial charge in [-0.3, -0.25) is 9.78 Å². The number of aromatic nitrogens is 2. The van der Waals surface area contributed by atoms with E-state index in [0.29, 0.717) is 21.9 Å². The van der Waals surface area contributed by atoms with Gasteiger partial charge in [-0.15, -0.1) is 0 Å². The van der Waals surface area contributed by atoms with E-state index in [1.165, 1.54) is 16.9 Å². The number of nitrogens with zero attached hydrogens (tertiary/aromatic N) is 3. The first kappa shape index (κ1) is 18.2. The summed E-state index contributed by atoms with van der Waals surface area (Å²) in [5.74, 6) is 0.00786. The standard InChI is InChI=1S/C20H21N3O2S/c1-13-4-6-16(7-5-13)18-9-8-17(12-21-18)22-20-23(10-11-24)14(2)19(26-20)15(3)25/h4-9,12,24H,10-11H2,1-3H3. The molecule has 5 nitrogen and oxygen atoms in total. The number of rotatable bonds is 5. The van der Waals surface area contributed by atoms with E-state index in [4.69, 9.17) is 0 Å². The molecule has 26 heavy (non-hydrogen) atoms. The highest BCUT2D eigenvalue weighted by molar-refractivity contribution is 7.11. The maximum absolute atomic E-state index is 11.8. The molecular weight excluding hydrogens is 346 g/mol. The van der Waals surface area contributed by atoms with Crippen LogP contribution in [0.1, 0.15) is 27.9 Å². The molecule has 3 aromatic rings. The van der Waals surface area contributed by atoms with Crippen LogP contribution in [0.5, 0.6) is 0 Å². The number of Topliss-reactive ketones (excluding diaryl/α,β-unsaturated/α-hetero) is 1. The molecule has 6 heteroatoms. The lowest BCUT2D eigenvalue weighted by molar-refractivity contribution is 0.102. The number of benzene rings is 1. The first-order valence-corrected chi connectivity index (χ1v) is 9.21. The fourth-order valence-electron chi connectivity index (χ4n) is 2.72. The van der Waals surface area contributed by atoms with Crippen molar-refractivity contribution in [2.24, 2.45) is 4.99 Å². The molecule has 1 N–H and O–H groups in total. The summed E-state index contributed by atoms with van der Waals surface area (Å²) in [7, 11) is 0. The number of thiazole rings is 1. The second-order valence-electron chi connectivity index (χ2n) is 6.11. The maximum atomic E-state index is 11.8. The number of pyridine rings is 1. The van der Waals surface area contributed by atoms with Crippen molar-refractivity contribution in [3.8, 4) is 11.3 Å². The molecule has 0 saturated carbocycles. The molecule has 0 atom stereocenters. The van der Waals surface area contributed by atoms with Crippen LogP contribution < -0.4 is 4.80 Å². The Hall–Kier alpha value is -2.57. The van der Waals surface area contributed by atoms with E-state index in [9.17, 15) is 9.90 Å². The molecule has 0 aliphatic heterocycles. The lowest BCUT2D eigenvalue weighted by atomic mass is 10.1. The van der Waals surface area contributed by atoms with Crippen LogP contribution in [-0.2, 0) is 6.54 Å². The van der Waals surface area contributed by atoms with E-state index in [0.717, 1.165) is 17.0 Å². The fourth-order valence-corrected chi connectivity index (χ4v) is 3.79. The molecular formula is C20H21N3O2S. The van der Waals surface area contributed by atoms with Crippen molar-refractivity contribution in [3.05, 3.63) is 63.5 Å². The number of carbonyl (C=O) groups excluding carboxylic acids is 1. The predicted molar refractivity (Wildman–Crippen MR) is 104 cm³/mol. The van der Waals surface area contributed by atoms with Gasteiger partial charge in [-0.25, -0.2) is 4.99 Å². The smallest absolute Gasteiger partial charge is 0.190 e. The van der Waals surface area contributed by atoms with E-state index < -0.39 is 0 Å². The summed E-state index contributed by atoms with van der Waals surface area (Å²) in [5.41, 5.74) is 4.70. The molecule has 1 aromatic carbocycles. The van der Waals surface area contributed by atoms with Gasteiger partial charge in [0.25, 0.3) is 0 Å². The van der Waals surface area contributed by atoms with Gasteiger partial charge in [-0.2, -0.15) is 0 Å². The highest BCUT2D eigenvalue weighted by atomic mass is 32.1. The van der Waals surface area contributed by atoms with Crippen LogP contribution in [0, 0.1) is 13.8 Å². The van der Waals surface area contributed by atoms with Gasteiger partial charge in [0.15, 0.2) is 10.6 Å². The van der Waals surface area contributed by atoms with E-state index in [1.807, 2.05) is 35.8 Å². The third-order valence-corrected chi connectivity index (χ3v) is 5.40. The molecule has 3 rings (SSSR count). The molecule has 0 radical (unpaired) electrons. The predicted octanol–water partition coefficient (Wildman–Crippen LogP) is 3.66. The van der Waals surface area contributed by atoms with Crippen LogP contribution >= 0.6 is 11.3 Å². The molecule has 0 aliphatic rings. The first-order valence-electron chi connectivity index (χ1n) is 8.39. The van der Waals surface area contributed by atoms with Crippen molar-refractivity contribution in [1.29, 1.82) is 0 Å². The van der Waals surface area contributed by atoms with Gasteiger partial charge < -0.3 is 9.67 Å². The SMILES string of the molecule is CC(=O)c1sc(=Nc2ccc(-c3ccc(C)cc3)nc2)n(CCO)c1C. The van der Waals surface area contributed by atoms with Crippen molar-refractivity contribution in [2.45, 2.75) is 27.3 Å². The van der Waals surface area contributed by atoms with Gasteiger partial charge >= 0.3 is 0 Å². The van der Waals surface area contributed by atoms with Gasteiger partial charge in [0, 0.05) is 24.7 Å². The minimum Gasteiger partial charge on any atom is -0.395 e. The molecule has 0 saturated heterocycles. The quantitative estimate of drug-likeness (QED) is 0.700. The van der Waals surface area contributed by atoms with Gasteiger partial charge in [0.2, 0.25) is 0 Å². The number of aliphatic hydroxyl groups is 1. The summed E-state index contributed by atoms with van der Waals surface area (Å²) in [6, 6.07) is 12.1. The molecule has 0 fully saturated rings. The largest absolute Gasteiger partial charge is 0.395 e. The van der Waals surface area contributed by atoms with E-state index in [1.54, 1.807) is 13.1 Å². The zero-order valence-electron chi connectivity index (χ0n) is 15.1. The Morgan fingerprint density at radius 1 is 1.19 bits per heavy atom. The van der Waals surface area contributed by atoms with Crippen molar-refractivity contribution >= 4 is 22.8 Å². The zero-order chi connectivity index (χ0) is 18.7. The Kier molecular flexibility index (Phi) is 5.44. The van der Waals surface area contributed by atoms with Crippen LogP contribution in [0.4, 0.5) is 5.69 Å². The third-order valence-electron chi connectivity index (χ3n) is 4.12. The number of aliphatic hydroxyl groups excluding tert-OH is 1. The molecule has 0 amide bonds. The average molecular weight is 367 g/mol. The number of carbonyl (C=O) groups is 1. The van der Waals surface area contributed by atoms with E-state index in [-0.39, 0.29) is 12.4 Å². The lowest BCUT2D eigenvalue weighted by Gasteiger charge is -2.04. The van der Waals surface area contributed by atoms with Crippen LogP contribution in [0.15, 0.2) is 47.6 Å². The highest BCUT2D eigenvalue weighted by Crippen LogP contribution is 2.20. The molecule has 134 valence electrons. The highest BCUT2D eigenvalue weighted by Gasteiger charge is 2.13. The molecule has 2 heterocycles. The Morgan fingerprint density at radius 2 is 1.92 bits per heavy atom. The molecule has 0 aliphatic carbocycles. The average Bonchev–Trinajstić information content (AvgIpc) is 2.93. The van der Waals surface area contributed by atoms with E-state index >= 15 is 0 Å². The van der Waals surface area contributed by atoms with Crippen LogP contribution in [0.25, 0.3) is 11.3 Å². The number of ketones is 1. The van der Waals surface area contributed by atoms with Crippen LogP contribution in [0.2, 0.25) is 0 Å². The maximum Gasteiger partial charge on any atom is 0.190 e. The number of aryl methyl sites for hydroxylation is 1. The van der Waals surface area contributed by atoms with Crippen LogP contribution in [0.3, 0.4) is 0 Å². The Morgan fingerprint density at radius 3 is 2.50 bits per heavy atom. The van der Waals surface area contributed by atoms with E-state index in [2.05, 4.69) is 29.0 Å². The Labute approximate surface area is 156 Å². The summed E-state index contributed by atoms with van der Waals surface area (Å²) < 4.78 is 1.87. The summed E-state index contributed by atoms with van der Waals surface area (Å²) in [6.07, 6.45) is 1.72. The van der Waals surface area contributed by atoms with Gasteiger partial charge in [-0.05, 0) is 26.0 Å². The minimum atomic E-state index is -0.00723. The first-order chi connectivity index (χ1) is 12.5. The molecule has 0 unspecified atom stereocenters. The Balaban J connectivity index is 1.98. The summed E-state index contributed by atoms with van der Waals surface area (Å²) >= 11 is 1.34. The van der Waals surface area contributed by atoms with Crippen LogP contribution in [-0.4, -0.2) is 27.0 Å². The third kappa shape index (κ3) is 3.81. The molecule has 2 aromatic heterocycles. The summed E-state index contributed by atoms with van der Waals surface area (Å²) in [4.78, 5) is 22.3. The lowest BCUT2D eigenvalue weighted by Crippen LogP contribution is -2.18. The summed E-state index contributed by atoms with van der Waals surface area (Å²) in [6.45, 7) is 5.87. The topological polar surface area (TPSA) is 67.5 Å². The van der Waals surface area contributed by atoms with Gasteiger partial charge in [0.05, 0.1) is 29.1 Å². The number of hydrogen-bond donors (Lipinski definition) is 1.